The summed E-state index contributed by atoms with van der Waals surface area (Å²) in [5.74, 6) is 0. The van der Waals surface area contributed by atoms with Crippen molar-refractivity contribution in [1.82, 2.24) is 5.32 Å². The van der Waals surface area contributed by atoms with E-state index in [1.807, 2.05) is 6.07 Å². The summed E-state index contributed by atoms with van der Waals surface area (Å²) in [7, 11) is 0. The van der Waals surface area contributed by atoms with E-state index in [2.05, 4.69) is 36.5 Å². The summed E-state index contributed by atoms with van der Waals surface area (Å²) < 4.78 is 5.81. The topological polar surface area (TPSA) is 21.3 Å². The number of ether oxygens (including phenoxy) is 1. The Balaban J connectivity index is 2.02. The van der Waals surface area contributed by atoms with Gasteiger partial charge >= 0.3 is 0 Å². The Labute approximate surface area is 85.3 Å². The lowest BCUT2D eigenvalue weighted by Crippen LogP contribution is -2.48. The molecule has 0 saturated carbocycles. The molecule has 1 atom stereocenters. The molecule has 2 rings (SSSR count). The quantitative estimate of drug-likeness (QED) is 0.766. The monoisotopic (exact) mass is 191 g/mol. The van der Waals surface area contributed by atoms with E-state index in [1.54, 1.807) is 0 Å². The second-order valence-electron chi connectivity index (χ2n) is 4.14. The molecule has 0 bridgehead atoms. The molecule has 1 unspecified atom stereocenters. The first kappa shape index (κ1) is 9.69. The average Bonchev–Trinajstić information content (AvgIpc) is 2.19. The van der Waals surface area contributed by atoms with Gasteiger partial charge in [0.2, 0.25) is 0 Å². The fourth-order valence-electron chi connectivity index (χ4n) is 1.91. The van der Waals surface area contributed by atoms with Crippen LogP contribution in [0.2, 0.25) is 0 Å². The van der Waals surface area contributed by atoms with Gasteiger partial charge in [-0.3, -0.25) is 0 Å². The highest BCUT2D eigenvalue weighted by molar-refractivity contribution is 5.17. The molecule has 1 saturated heterocycles. The maximum atomic E-state index is 5.81. The van der Waals surface area contributed by atoms with E-state index in [9.17, 15) is 0 Å². The standard InChI is InChI=1S/C12H17NO/c1-12(10-13-7-8-14-12)9-11-5-3-2-4-6-11/h2-6,13H,7-10H2,1H3. The lowest BCUT2D eigenvalue weighted by atomic mass is 9.95. The molecule has 2 nitrogen and oxygen atoms in total. The highest BCUT2D eigenvalue weighted by atomic mass is 16.5. The number of morpholine rings is 1. The summed E-state index contributed by atoms with van der Waals surface area (Å²) in [5, 5.41) is 3.37. The first-order valence-corrected chi connectivity index (χ1v) is 5.17. The Hall–Kier alpha value is -0.860. The molecule has 1 aliphatic heterocycles. The van der Waals surface area contributed by atoms with Crippen LogP contribution in [0.25, 0.3) is 0 Å². The van der Waals surface area contributed by atoms with Crippen LogP contribution in [-0.4, -0.2) is 25.3 Å². The molecule has 0 spiro atoms. The van der Waals surface area contributed by atoms with Crippen molar-refractivity contribution in [3.05, 3.63) is 35.9 Å². The van der Waals surface area contributed by atoms with E-state index in [0.717, 1.165) is 26.1 Å². The van der Waals surface area contributed by atoms with Gasteiger partial charge in [-0.15, -0.1) is 0 Å². The Bertz CT molecular complexity index is 278. The average molecular weight is 191 g/mol. The van der Waals surface area contributed by atoms with Crippen molar-refractivity contribution in [1.29, 1.82) is 0 Å². The van der Waals surface area contributed by atoms with Gasteiger partial charge in [-0.2, -0.15) is 0 Å². The fraction of sp³-hybridized carbons (Fsp3) is 0.500. The minimum absolute atomic E-state index is 0.0282. The van der Waals surface area contributed by atoms with Gasteiger partial charge in [0.25, 0.3) is 0 Å². The Morgan fingerprint density at radius 2 is 2.14 bits per heavy atom. The van der Waals surface area contributed by atoms with E-state index in [1.165, 1.54) is 5.56 Å². The molecular weight excluding hydrogens is 174 g/mol. The van der Waals surface area contributed by atoms with Crippen molar-refractivity contribution in [3.8, 4) is 0 Å². The van der Waals surface area contributed by atoms with Crippen molar-refractivity contribution in [2.24, 2.45) is 0 Å². The second-order valence-corrected chi connectivity index (χ2v) is 4.14. The van der Waals surface area contributed by atoms with Crippen LogP contribution in [0.5, 0.6) is 0 Å². The normalized spacial score (nSPS) is 27.5. The van der Waals surface area contributed by atoms with Gasteiger partial charge < -0.3 is 10.1 Å². The van der Waals surface area contributed by atoms with Crippen molar-refractivity contribution in [2.45, 2.75) is 18.9 Å². The predicted molar refractivity (Wildman–Crippen MR) is 57.4 cm³/mol. The van der Waals surface area contributed by atoms with Crippen LogP contribution in [0.3, 0.4) is 0 Å². The summed E-state index contributed by atoms with van der Waals surface area (Å²) in [6.07, 6.45) is 0.987. The molecule has 1 aliphatic rings. The third kappa shape index (κ3) is 2.34. The molecule has 1 aromatic carbocycles. The zero-order chi connectivity index (χ0) is 9.86. The molecule has 76 valence electrons. The summed E-state index contributed by atoms with van der Waals surface area (Å²) in [5.41, 5.74) is 1.32. The highest BCUT2D eigenvalue weighted by Crippen LogP contribution is 2.18. The van der Waals surface area contributed by atoms with E-state index in [0.29, 0.717) is 0 Å². The lowest BCUT2D eigenvalue weighted by molar-refractivity contribution is -0.0516. The Morgan fingerprint density at radius 1 is 1.36 bits per heavy atom. The van der Waals surface area contributed by atoms with Crippen LogP contribution in [-0.2, 0) is 11.2 Å². The zero-order valence-corrected chi connectivity index (χ0v) is 8.62. The van der Waals surface area contributed by atoms with Gasteiger partial charge in [0.15, 0.2) is 0 Å². The lowest BCUT2D eigenvalue weighted by Gasteiger charge is -2.34. The predicted octanol–water partition coefficient (Wildman–Crippen LogP) is 1.61. The second kappa shape index (κ2) is 4.11. The van der Waals surface area contributed by atoms with Crippen LogP contribution < -0.4 is 5.32 Å². The summed E-state index contributed by atoms with van der Waals surface area (Å²) in [4.78, 5) is 0. The molecule has 0 amide bonds. The first-order valence-electron chi connectivity index (χ1n) is 5.17. The molecule has 0 radical (unpaired) electrons. The largest absolute Gasteiger partial charge is 0.372 e. The molecule has 1 aromatic rings. The van der Waals surface area contributed by atoms with Crippen molar-refractivity contribution >= 4 is 0 Å². The van der Waals surface area contributed by atoms with Gasteiger partial charge in [-0.05, 0) is 12.5 Å². The molecule has 1 N–H and O–H groups in total. The molecule has 1 heterocycles. The molecule has 1 fully saturated rings. The van der Waals surface area contributed by atoms with E-state index in [4.69, 9.17) is 4.74 Å². The minimum Gasteiger partial charge on any atom is -0.372 e. The van der Waals surface area contributed by atoms with E-state index >= 15 is 0 Å². The van der Waals surface area contributed by atoms with E-state index < -0.39 is 0 Å². The van der Waals surface area contributed by atoms with Gasteiger partial charge in [-0.25, -0.2) is 0 Å². The van der Waals surface area contributed by atoms with Gasteiger partial charge in [0.05, 0.1) is 12.2 Å². The molecule has 0 aromatic heterocycles. The summed E-state index contributed by atoms with van der Waals surface area (Å²) >= 11 is 0. The minimum atomic E-state index is -0.0282. The van der Waals surface area contributed by atoms with Crippen molar-refractivity contribution < 1.29 is 4.74 Å². The van der Waals surface area contributed by atoms with Crippen molar-refractivity contribution in [3.63, 3.8) is 0 Å². The highest BCUT2D eigenvalue weighted by Gasteiger charge is 2.27. The van der Waals surface area contributed by atoms with Crippen LogP contribution in [0.4, 0.5) is 0 Å². The number of hydrogen-bond donors (Lipinski definition) is 1. The van der Waals surface area contributed by atoms with E-state index in [-0.39, 0.29) is 5.60 Å². The van der Waals surface area contributed by atoms with Gasteiger partial charge in [0.1, 0.15) is 0 Å². The third-order valence-electron chi connectivity index (χ3n) is 2.65. The zero-order valence-electron chi connectivity index (χ0n) is 8.62. The molecular formula is C12H17NO. The maximum Gasteiger partial charge on any atom is 0.0819 e. The first-order chi connectivity index (χ1) is 6.79. The van der Waals surface area contributed by atoms with Crippen LogP contribution in [0, 0.1) is 0 Å². The Morgan fingerprint density at radius 3 is 2.79 bits per heavy atom. The smallest absolute Gasteiger partial charge is 0.0819 e. The van der Waals surface area contributed by atoms with Crippen molar-refractivity contribution in [2.75, 3.05) is 19.7 Å². The number of rotatable bonds is 2. The third-order valence-corrected chi connectivity index (χ3v) is 2.65. The maximum absolute atomic E-state index is 5.81. The number of benzene rings is 1. The summed E-state index contributed by atoms with van der Waals surface area (Å²) in [6.45, 7) is 4.92. The van der Waals surface area contributed by atoms with Crippen LogP contribution >= 0.6 is 0 Å². The molecule has 0 aliphatic carbocycles. The fourth-order valence-corrected chi connectivity index (χ4v) is 1.91. The molecule has 2 heteroatoms. The van der Waals surface area contributed by atoms with Crippen LogP contribution in [0.1, 0.15) is 12.5 Å². The van der Waals surface area contributed by atoms with Gasteiger partial charge in [-0.1, -0.05) is 30.3 Å². The number of hydrogen-bond acceptors (Lipinski definition) is 2. The number of nitrogens with one attached hydrogen (secondary N) is 1. The molecule has 14 heavy (non-hydrogen) atoms. The SMILES string of the molecule is CC1(Cc2ccccc2)CNCCO1. The van der Waals surface area contributed by atoms with Crippen LogP contribution in [0.15, 0.2) is 30.3 Å². The van der Waals surface area contributed by atoms with Gasteiger partial charge in [0, 0.05) is 19.5 Å². The Kier molecular flexibility index (Phi) is 2.85. The summed E-state index contributed by atoms with van der Waals surface area (Å²) in [6, 6.07) is 10.5.